The number of carbonyl (C=O) groups excluding carboxylic acids is 1. The van der Waals surface area contributed by atoms with Crippen LogP contribution in [0, 0.1) is 17.1 Å². The van der Waals surface area contributed by atoms with Gasteiger partial charge in [0.25, 0.3) is 5.91 Å². The zero-order valence-corrected chi connectivity index (χ0v) is 15.2. The third-order valence-electron chi connectivity index (χ3n) is 3.62. The molecule has 9 heteroatoms. The molecule has 3 N–H and O–H groups in total. The number of nitrogens with two attached hydrogens (primary N) is 1. The molecule has 0 saturated heterocycles. The molecule has 2 rings (SSSR count). The summed E-state index contributed by atoms with van der Waals surface area (Å²) in [5.74, 6) is -1.07. The van der Waals surface area contributed by atoms with E-state index in [0.717, 1.165) is 18.9 Å². The number of rotatable bonds is 7. The number of unbranched alkanes of at least 4 members (excludes halogenated alkanes) is 1. The Morgan fingerprint density at radius 1 is 1.50 bits per heavy atom. The Bertz CT molecular complexity index is 889. The molecule has 0 aliphatic heterocycles. The summed E-state index contributed by atoms with van der Waals surface area (Å²) in [7, 11) is -0.225. The van der Waals surface area contributed by atoms with E-state index in [2.05, 4.69) is 5.32 Å². The minimum atomic E-state index is -1.83. The van der Waals surface area contributed by atoms with Crippen molar-refractivity contribution < 1.29 is 18.1 Å². The molecule has 1 atom stereocenters. The first kappa shape index (κ1) is 19.6. The number of benzene rings is 1. The van der Waals surface area contributed by atoms with Crippen LogP contribution >= 0.6 is 0 Å². The van der Waals surface area contributed by atoms with Gasteiger partial charge in [-0.05, 0) is 24.6 Å². The van der Waals surface area contributed by atoms with Crippen LogP contribution in [0.2, 0.25) is 0 Å². The van der Waals surface area contributed by atoms with Crippen LogP contribution in [0.15, 0.2) is 29.3 Å². The van der Waals surface area contributed by atoms with Gasteiger partial charge in [0.05, 0.1) is 12.2 Å². The lowest BCUT2D eigenvalue weighted by atomic mass is 10.2. The van der Waals surface area contributed by atoms with Crippen molar-refractivity contribution in [3.63, 3.8) is 0 Å². The number of nitriles is 1. The van der Waals surface area contributed by atoms with Crippen molar-refractivity contribution in [2.45, 2.75) is 24.7 Å². The van der Waals surface area contributed by atoms with Gasteiger partial charge in [0.1, 0.15) is 27.8 Å². The van der Waals surface area contributed by atoms with Crippen molar-refractivity contribution in [2.24, 2.45) is 12.2 Å². The maximum atomic E-state index is 13.4. The minimum Gasteiger partial charge on any atom is -0.490 e. The van der Waals surface area contributed by atoms with Gasteiger partial charge < -0.3 is 14.6 Å². The summed E-state index contributed by atoms with van der Waals surface area (Å²) in [5.41, 5.74) is 0.208. The van der Waals surface area contributed by atoms with Gasteiger partial charge in [-0.25, -0.2) is 13.7 Å². The topological polar surface area (TPSA) is 110 Å². The van der Waals surface area contributed by atoms with Crippen LogP contribution in [0.5, 0.6) is 5.75 Å². The molecule has 0 bridgehead atoms. The summed E-state index contributed by atoms with van der Waals surface area (Å²) in [6.07, 6.45) is 3.12. The van der Waals surface area contributed by atoms with Gasteiger partial charge in [0.15, 0.2) is 11.4 Å². The fourth-order valence-corrected chi connectivity index (χ4v) is 2.92. The highest BCUT2D eigenvalue weighted by molar-refractivity contribution is 7.82. The van der Waals surface area contributed by atoms with E-state index in [9.17, 15) is 13.4 Å². The predicted octanol–water partition coefficient (Wildman–Crippen LogP) is 2.45. The summed E-state index contributed by atoms with van der Waals surface area (Å²) in [6, 6.07) is 5.38. The second kappa shape index (κ2) is 8.60. The number of anilines is 1. The minimum absolute atomic E-state index is 0.137. The average Bonchev–Trinajstić information content (AvgIpc) is 2.93. The molecule has 0 aliphatic carbocycles. The zero-order valence-electron chi connectivity index (χ0n) is 14.4. The van der Waals surface area contributed by atoms with E-state index < -0.39 is 22.7 Å². The lowest BCUT2D eigenvalue weighted by Gasteiger charge is -2.11. The predicted molar refractivity (Wildman–Crippen MR) is 95.5 cm³/mol. The van der Waals surface area contributed by atoms with Gasteiger partial charge in [-0.1, -0.05) is 13.3 Å². The molecule has 138 valence electrons. The Morgan fingerprint density at radius 3 is 2.85 bits per heavy atom. The monoisotopic (exact) mass is 378 g/mol. The summed E-state index contributed by atoms with van der Waals surface area (Å²) in [5, 5.41) is 17.0. The first-order valence-electron chi connectivity index (χ1n) is 7.88. The molecule has 0 fully saturated rings. The van der Waals surface area contributed by atoms with Gasteiger partial charge in [0.2, 0.25) is 0 Å². The highest BCUT2D eigenvalue weighted by atomic mass is 32.2. The largest absolute Gasteiger partial charge is 0.490 e. The standard InChI is InChI=1S/C17H19FN4O3S/c1-3-4-7-25-16-14(26(20)24)10-22(2)15(16)17(23)21-12-5-6-13(18)11(8-12)9-19/h5-6,8,10H,3-4,7,20H2,1-2H3,(H,21,23). The number of nitrogens with one attached hydrogen (secondary N) is 1. The van der Waals surface area contributed by atoms with Crippen molar-refractivity contribution in [1.29, 1.82) is 5.26 Å². The van der Waals surface area contributed by atoms with E-state index in [4.69, 9.17) is 15.1 Å². The average molecular weight is 378 g/mol. The highest BCUT2D eigenvalue weighted by Gasteiger charge is 2.24. The molecule has 0 radical (unpaired) electrons. The molecule has 0 aliphatic rings. The third kappa shape index (κ3) is 4.28. The van der Waals surface area contributed by atoms with E-state index in [1.54, 1.807) is 13.1 Å². The lowest BCUT2D eigenvalue weighted by Crippen LogP contribution is -2.17. The Balaban J connectivity index is 2.35. The van der Waals surface area contributed by atoms with Crippen molar-refractivity contribution in [1.82, 2.24) is 4.57 Å². The molecular formula is C17H19FN4O3S. The molecule has 1 amide bonds. The highest BCUT2D eigenvalue weighted by Crippen LogP contribution is 2.29. The van der Waals surface area contributed by atoms with Crippen LogP contribution in [0.3, 0.4) is 0 Å². The van der Waals surface area contributed by atoms with Crippen LogP contribution in [-0.2, 0) is 18.0 Å². The van der Waals surface area contributed by atoms with Gasteiger partial charge in [-0.2, -0.15) is 5.26 Å². The number of hydrogen-bond acceptors (Lipinski definition) is 4. The fraction of sp³-hybridized carbons (Fsp3) is 0.294. The molecule has 0 spiro atoms. The van der Waals surface area contributed by atoms with Crippen LogP contribution in [0.4, 0.5) is 10.1 Å². The van der Waals surface area contributed by atoms with Crippen LogP contribution < -0.4 is 15.2 Å². The maximum absolute atomic E-state index is 13.4. The second-order valence-corrected chi connectivity index (χ2v) is 6.58. The quantitative estimate of drug-likeness (QED) is 0.721. The summed E-state index contributed by atoms with van der Waals surface area (Å²) >= 11 is 0. The number of amides is 1. The first-order chi connectivity index (χ1) is 12.4. The number of nitrogens with zero attached hydrogens (tertiary/aromatic N) is 2. The van der Waals surface area contributed by atoms with Gasteiger partial charge in [0, 0.05) is 18.9 Å². The summed E-state index contributed by atoms with van der Waals surface area (Å²) in [4.78, 5) is 12.9. The molecule has 0 saturated carbocycles. The van der Waals surface area contributed by atoms with Gasteiger partial charge in [-0.3, -0.25) is 4.79 Å². The molecule has 2 aromatic rings. The van der Waals surface area contributed by atoms with Crippen molar-refractivity contribution in [3.05, 3.63) is 41.5 Å². The fourth-order valence-electron chi connectivity index (χ4n) is 2.32. The number of halogens is 1. The first-order valence-corrected chi connectivity index (χ1v) is 9.09. The van der Waals surface area contributed by atoms with E-state index in [1.807, 2.05) is 6.92 Å². The third-order valence-corrected chi connectivity index (χ3v) is 4.35. The SMILES string of the molecule is CCCCOc1c(S(N)=O)cn(C)c1C(=O)Nc1ccc(F)c(C#N)c1. The van der Waals surface area contributed by atoms with Gasteiger partial charge in [-0.15, -0.1) is 0 Å². The van der Waals surface area contributed by atoms with Gasteiger partial charge >= 0.3 is 0 Å². The number of aromatic nitrogens is 1. The van der Waals surface area contributed by atoms with Crippen LogP contribution in [-0.4, -0.2) is 21.3 Å². The molecule has 26 heavy (non-hydrogen) atoms. The second-order valence-electron chi connectivity index (χ2n) is 5.54. The van der Waals surface area contributed by atoms with Crippen molar-refractivity contribution in [3.8, 4) is 11.8 Å². The Labute approximate surface area is 153 Å². The van der Waals surface area contributed by atoms with Crippen LogP contribution in [0.25, 0.3) is 0 Å². The molecular weight excluding hydrogens is 359 g/mol. The zero-order chi connectivity index (χ0) is 19.3. The normalized spacial score (nSPS) is 11.7. The maximum Gasteiger partial charge on any atom is 0.276 e. The summed E-state index contributed by atoms with van der Waals surface area (Å²) < 4.78 is 32.3. The number of ether oxygens (including phenoxy) is 1. The molecule has 7 nitrogen and oxygen atoms in total. The number of carbonyl (C=O) groups is 1. The van der Waals surface area contributed by atoms with Crippen molar-refractivity contribution >= 4 is 22.6 Å². The molecule has 1 aromatic heterocycles. The number of hydrogen-bond donors (Lipinski definition) is 2. The molecule has 1 unspecified atom stereocenters. The van der Waals surface area contributed by atoms with Crippen LogP contribution in [0.1, 0.15) is 35.8 Å². The van der Waals surface area contributed by atoms with E-state index >= 15 is 0 Å². The Kier molecular flexibility index (Phi) is 6.49. The Hall–Kier alpha value is -2.70. The molecule has 1 heterocycles. The smallest absolute Gasteiger partial charge is 0.276 e. The van der Waals surface area contributed by atoms with E-state index in [0.29, 0.717) is 6.61 Å². The lowest BCUT2D eigenvalue weighted by molar-refractivity contribution is 0.101. The van der Waals surface area contributed by atoms with E-state index in [-0.39, 0.29) is 27.6 Å². The summed E-state index contributed by atoms with van der Waals surface area (Å²) in [6.45, 7) is 2.34. The van der Waals surface area contributed by atoms with E-state index in [1.165, 1.54) is 22.9 Å². The molecule has 1 aromatic carbocycles. The number of aryl methyl sites for hydroxylation is 1. The van der Waals surface area contributed by atoms with Crippen molar-refractivity contribution in [2.75, 3.05) is 11.9 Å². The Morgan fingerprint density at radius 2 is 2.23 bits per heavy atom.